The van der Waals surface area contributed by atoms with Gasteiger partial charge in [-0.25, -0.2) is 8.78 Å². The van der Waals surface area contributed by atoms with Crippen LogP contribution in [-0.2, 0) is 11.2 Å². The molecular formula is C25H25F2N3O. The quantitative estimate of drug-likeness (QED) is 0.624. The summed E-state index contributed by atoms with van der Waals surface area (Å²) in [6.45, 7) is 1.81. The third-order valence-electron chi connectivity index (χ3n) is 5.61. The summed E-state index contributed by atoms with van der Waals surface area (Å²) in [5.74, 6) is -0.623. The molecule has 0 unspecified atom stereocenters. The van der Waals surface area contributed by atoms with Crippen LogP contribution in [0.25, 0.3) is 0 Å². The monoisotopic (exact) mass is 421 g/mol. The standard InChI is InChI=1S/C25H25F2N3O/c26-21-10-7-18(8-11-21)14-19-9-12-23(28-15-19)20-4-3-13-30(16-20)17-25(31)29-24-6-2-1-5-22(24)27/h1-2,5-12,15,20H,3-4,13-14,16-17H2,(H,29,31)/t20-/m1/s1. The third kappa shape index (κ3) is 5.73. The SMILES string of the molecule is O=C(CN1CCC[C@@H](c2ccc(Cc3ccc(F)cc3)cn2)C1)Nc1ccccc1F. The molecule has 6 heteroatoms. The number of piperidine rings is 1. The second-order valence-electron chi connectivity index (χ2n) is 8.00. The molecule has 1 fully saturated rings. The summed E-state index contributed by atoms with van der Waals surface area (Å²) >= 11 is 0. The molecule has 2 aromatic carbocycles. The number of hydrogen-bond acceptors (Lipinski definition) is 3. The van der Waals surface area contributed by atoms with Crippen molar-refractivity contribution in [3.8, 4) is 0 Å². The molecule has 160 valence electrons. The van der Waals surface area contributed by atoms with Gasteiger partial charge < -0.3 is 5.32 Å². The Hall–Kier alpha value is -3.12. The van der Waals surface area contributed by atoms with Crippen molar-refractivity contribution in [1.82, 2.24) is 9.88 Å². The number of halogens is 2. The molecule has 1 aliphatic heterocycles. The Labute approximate surface area is 180 Å². The first-order valence-electron chi connectivity index (χ1n) is 10.5. The smallest absolute Gasteiger partial charge is 0.238 e. The van der Waals surface area contributed by atoms with Crippen molar-refractivity contribution >= 4 is 11.6 Å². The predicted molar refractivity (Wildman–Crippen MR) is 117 cm³/mol. The zero-order valence-electron chi connectivity index (χ0n) is 17.2. The molecule has 0 radical (unpaired) electrons. The highest BCUT2D eigenvalue weighted by atomic mass is 19.1. The lowest BCUT2D eigenvalue weighted by Crippen LogP contribution is -2.40. The van der Waals surface area contributed by atoms with Gasteiger partial charge in [0.1, 0.15) is 11.6 Å². The molecule has 1 aliphatic rings. The molecule has 0 bridgehead atoms. The maximum Gasteiger partial charge on any atom is 0.238 e. The Balaban J connectivity index is 1.33. The van der Waals surface area contributed by atoms with Crippen LogP contribution in [0.3, 0.4) is 0 Å². The number of likely N-dealkylation sites (tertiary alicyclic amines) is 1. The first-order valence-corrected chi connectivity index (χ1v) is 10.5. The molecule has 0 saturated carbocycles. The minimum Gasteiger partial charge on any atom is -0.322 e. The Morgan fingerprint density at radius 3 is 2.55 bits per heavy atom. The fraction of sp³-hybridized carbons (Fsp3) is 0.280. The minimum atomic E-state index is -0.433. The Morgan fingerprint density at radius 1 is 1.03 bits per heavy atom. The van der Waals surface area contributed by atoms with E-state index >= 15 is 0 Å². The summed E-state index contributed by atoms with van der Waals surface area (Å²) in [6.07, 6.45) is 4.59. The topological polar surface area (TPSA) is 45.2 Å². The minimum absolute atomic E-state index is 0.208. The van der Waals surface area contributed by atoms with Crippen LogP contribution in [0.5, 0.6) is 0 Å². The highest BCUT2D eigenvalue weighted by molar-refractivity contribution is 5.92. The number of nitrogens with zero attached hydrogens (tertiary/aromatic N) is 2. The summed E-state index contributed by atoms with van der Waals surface area (Å²) in [5.41, 5.74) is 3.34. The van der Waals surface area contributed by atoms with Crippen molar-refractivity contribution in [2.45, 2.75) is 25.2 Å². The lowest BCUT2D eigenvalue weighted by molar-refractivity contribution is -0.117. The molecule has 4 nitrogen and oxygen atoms in total. The maximum atomic E-state index is 13.7. The van der Waals surface area contributed by atoms with Gasteiger partial charge in [0.25, 0.3) is 0 Å². The lowest BCUT2D eigenvalue weighted by atomic mass is 9.93. The summed E-state index contributed by atoms with van der Waals surface area (Å²) in [6, 6.07) is 16.8. The maximum absolute atomic E-state index is 13.7. The van der Waals surface area contributed by atoms with Crippen molar-refractivity contribution in [2.75, 3.05) is 25.0 Å². The van der Waals surface area contributed by atoms with E-state index in [0.29, 0.717) is 6.42 Å². The molecule has 3 aromatic rings. The second-order valence-corrected chi connectivity index (χ2v) is 8.00. The van der Waals surface area contributed by atoms with Gasteiger partial charge in [-0.1, -0.05) is 30.3 Å². The van der Waals surface area contributed by atoms with Gasteiger partial charge in [-0.3, -0.25) is 14.7 Å². The molecule has 0 aliphatic carbocycles. The summed E-state index contributed by atoms with van der Waals surface area (Å²) in [4.78, 5) is 19.1. The average molecular weight is 421 g/mol. The molecule has 1 saturated heterocycles. The van der Waals surface area contributed by atoms with E-state index in [4.69, 9.17) is 0 Å². The number of carbonyl (C=O) groups is 1. The number of para-hydroxylation sites is 1. The number of aromatic nitrogens is 1. The Kier molecular flexibility index (Phi) is 6.67. The number of rotatable bonds is 6. The molecule has 1 aromatic heterocycles. The van der Waals surface area contributed by atoms with Crippen LogP contribution < -0.4 is 5.32 Å². The van der Waals surface area contributed by atoms with Gasteiger partial charge in [0.2, 0.25) is 5.91 Å². The van der Waals surface area contributed by atoms with Gasteiger partial charge in [0, 0.05) is 24.4 Å². The van der Waals surface area contributed by atoms with Gasteiger partial charge in [-0.2, -0.15) is 0 Å². The molecule has 1 amide bonds. The van der Waals surface area contributed by atoms with Crippen molar-refractivity contribution in [2.24, 2.45) is 0 Å². The highest BCUT2D eigenvalue weighted by Crippen LogP contribution is 2.26. The number of nitrogens with one attached hydrogen (secondary N) is 1. The van der Waals surface area contributed by atoms with Crippen molar-refractivity contribution in [3.05, 3.63) is 95.3 Å². The number of hydrogen-bond donors (Lipinski definition) is 1. The van der Waals surface area contributed by atoms with Gasteiger partial charge in [-0.15, -0.1) is 0 Å². The van der Waals surface area contributed by atoms with Crippen LogP contribution in [0.15, 0.2) is 66.9 Å². The van der Waals surface area contributed by atoms with Crippen LogP contribution in [-0.4, -0.2) is 35.4 Å². The molecular weight excluding hydrogens is 396 g/mol. The first-order chi connectivity index (χ1) is 15.1. The first kappa shape index (κ1) is 21.1. The number of amides is 1. The summed E-state index contributed by atoms with van der Waals surface area (Å²) in [5, 5.41) is 2.65. The van der Waals surface area contributed by atoms with Crippen LogP contribution in [0.2, 0.25) is 0 Å². The van der Waals surface area contributed by atoms with E-state index in [1.165, 1.54) is 18.2 Å². The molecule has 1 N–H and O–H groups in total. The van der Waals surface area contributed by atoms with Crippen LogP contribution in [0.1, 0.15) is 35.6 Å². The molecule has 2 heterocycles. The fourth-order valence-corrected chi connectivity index (χ4v) is 4.02. The number of carbonyl (C=O) groups excluding carboxylic acids is 1. The van der Waals surface area contributed by atoms with Crippen LogP contribution >= 0.6 is 0 Å². The van der Waals surface area contributed by atoms with E-state index in [2.05, 4.69) is 21.3 Å². The van der Waals surface area contributed by atoms with E-state index in [-0.39, 0.29) is 29.9 Å². The molecule has 4 rings (SSSR count). The lowest BCUT2D eigenvalue weighted by Gasteiger charge is -2.32. The summed E-state index contributed by atoms with van der Waals surface area (Å²) in [7, 11) is 0. The Bertz CT molecular complexity index is 1020. The van der Waals surface area contributed by atoms with Gasteiger partial charge in [0.05, 0.1) is 12.2 Å². The van der Waals surface area contributed by atoms with Gasteiger partial charge in [-0.05, 0) is 67.3 Å². The van der Waals surface area contributed by atoms with Crippen molar-refractivity contribution in [3.63, 3.8) is 0 Å². The van der Waals surface area contributed by atoms with Crippen molar-refractivity contribution in [1.29, 1.82) is 0 Å². The van der Waals surface area contributed by atoms with E-state index in [1.54, 1.807) is 30.3 Å². The fourth-order valence-electron chi connectivity index (χ4n) is 4.02. The average Bonchev–Trinajstić information content (AvgIpc) is 2.78. The highest BCUT2D eigenvalue weighted by Gasteiger charge is 2.24. The predicted octanol–water partition coefficient (Wildman–Crippen LogP) is 4.77. The number of anilines is 1. The van der Waals surface area contributed by atoms with Gasteiger partial charge >= 0.3 is 0 Å². The molecule has 0 spiro atoms. The van der Waals surface area contributed by atoms with Crippen molar-refractivity contribution < 1.29 is 13.6 Å². The van der Waals surface area contributed by atoms with E-state index in [1.807, 2.05) is 12.3 Å². The zero-order valence-corrected chi connectivity index (χ0v) is 17.2. The Morgan fingerprint density at radius 2 is 1.81 bits per heavy atom. The summed E-state index contributed by atoms with van der Waals surface area (Å²) < 4.78 is 26.8. The number of benzene rings is 2. The van der Waals surface area contributed by atoms with Crippen LogP contribution in [0, 0.1) is 11.6 Å². The second kappa shape index (κ2) is 9.79. The molecule has 1 atom stereocenters. The zero-order chi connectivity index (χ0) is 21.6. The van der Waals surface area contributed by atoms with E-state index < -0.39 is 5.82 Å². The van der Waals surface area contributed by atoms with E-state index in [0.717, 1.165) is 42.8 Å². The third-order valence-corrected chi connectivity index (χ3v) is 5.61. The van der Waals surface area contributed by atoms with Gasteiger partial charge in [0.15, 0.2) is 0 Å². The van der Waals surface area contributed by atoms with E-state index in [9.17, 15) is 13.6 Å². The molecule has 31 heavy (non-hydrogen) atoms. The largest absolute Gasteiger partial charge is 0.322 e. The van der Waals surface area contributed by atoms with Crippen LogP contribution in [0.4, 0.5) is 14.5 Å². The number of pyridine rings is 1. The normalized spacial score (nSPS) is 16.8.